The Balaban J connectivity index is 0.00000206. The summed E-state index contributed by atoms with van der Waals surface area (Å²) in [7, 11) is 0. The zero-order chi connectivity index (χ0) is 21.2. The summed E-state index contributed by atoms with van der Waals surface area (Å²) in [5.41, 5.74) is -2.02. The van der Waals surface area contributed by atoms with E-state index < -0.39 is 23.4 Å². The minimum absolute atomic E-state index is 0. The van der Waals surface area contributed by atoms with Gasteiger partial charge in [-0.3, -0.25) is 0 Å². The van der Waals surface area contributed by atoms with Gasteiger partial charge in [0.2, 0.25) is 11.1 Å². The van der Waals surface area contributed by atoms with Crippen molar-refractivity contribution in [2.75, 3.05) is 0 Å². The maximum atomic E-state index is 5.47. The van der Waals surface area contributed by atoms with Gasteiger partial charge in [0.25, 0.3) is 0 Å². The van der Waals surface area contributed by atoms with Gasteiger partial charge in [-0.15, -0.1) is 12.4 Å². The predicted molar refractivity (Wildman–Crippen MR) is 124 cm³/mol. The van der Waals surface area contributed by atoms with E-state index in [0.717, 1.165) is 11.5 Å². The molecule has 0 radical (unpaired) electrons. The summed E-state index contributed by atoms with van der Waals surface area (Å²) in [6.07, 6.45) is 5.27. The first-order valence-electron chi connectivity index (χ1n) is 10.3. The fourth-order valence-electron chi connectivity index (χ4n) is 4.62. The molecule has 12 nitrogen and oxygen atoms in total. The van der Waals surface area contributed by atoms with Crippen molar-refractivity contribution in [2.24, 2.45) is 30.0 Å². The van der Waals surface area contributed by atoms with Gasteiger partial charge in [0.1, 0.15) is 34.9 Å². The van der Waals surface area contributed by atoms with E-state index >= 15 is 0 Å². The number of hydrogen-bond donors (Lipinski definition) is 4. The molecule has 13 heteroatoms. The Kier molecular flexibility index (Phi) is 4.21. The lowest BCUT2D eigenvalue weighted by Crippen LogP contribution is -2.71. The van der Waals surface area contributed by atoms with Crippen LogP contribution < -0.4 is 21.3 Å². The standard InChI is InChI=1S/C20H18N10O2.ClH/c1-3-11(31-5-1)7-21-13-19-15(23-9-25-19)29-18(27-13)20-14(22-8-12-4-2-6-32-12)28-17(19)30-16(20)24-10-26-20;/h1-6,9-10,17-18H,7-8H2,(H,21,27)(H,22,28)(H,23,25,29)(H,24,26,30);1H/t17-,18+,19+,20-;. The summed E-state index contributed by atoms with van der Waals surface area (Å²) in [5.74, 6) is 4.15. The van der Waals surface area contributed by atoms with Gasteiger partial charge < -0.3 is 30.1 Å². The fraction of sp³-hybridized carbons (Fsp3) is 0.300. The predicted octanol–water partition coefficient (Wildman–Crippen LogP) is 0.201. The van der Waals surface area contributed by atoms with E-state index in [1.165, 1.54) is 0 Å². The van der Waals surface area contributed by atoms with E-state index in [1.807, 2.05) is 24.3 Å². The largest absolute Gasteiger partial charge is 0.467 e. The number of amidine groups is 4. The second-order valence-corrected chi connectivity index (χ2v) is 7.86. The smallest absolute Gasteiger partial charge is 0.218 e. The van der Waals surface area contributed by atoms with Crippen LogP contribution in [0.5, 0.6) is 0 Å². The number of halogens is 1. The van der Waals surface area contributed by atoms with Gasteiger partial charge in [-0.2, -0.15) is 0 Å². The molecule has 2 aromatic heterocycles. The SMILES string of the molecule is C1=N[C@]23C(=N[C@H](N=C2NCc2ccco2)[C@]24N=CNC2=N[C@H]3N=C4NCc2ccco2)N1.Cl. The second-order valence-electron chi connectivity index (χ2n) is 7.86. The molecule has 4 atom stereocenters. The van der Waals surface area contributed by atoms with Crippen molar-refractivity contribution >= 4 is 48.4 Å². The lowest BCUT2D eigenvalue weighted by Gasteiger charge is -2.45. The first-order valence-corrected chi connectivity index (χ1v) is 10.3. The van der Waals surface area contributed by atoms with E-state index in [9.17, 15) is 0 Å². The third kappa shape index (κ3) is 2.58. The van der Waals surface area contributed by atoms with E-state index in [2.05, 4.69) is 21.3 Å². The average Bonchev–Trinajstić information content (AvgIpc) is 3.60. The van der Waals surface area contributed by atoms with Gasteiger partial charge >= 0.3 is 0 Å². The van der Waals surface area contributed by atoms with Gasteiger partial charge in [-0.1, -0.05) is 0 Å². The number of nitrogens with one attached hydrogen (secondary N) is 4. The lowest BCUT2D eigenvalue weighted by molar-refractivity contribution is 0.442. The summed E-state index contributed by atoms with van der Waals surface area (Å²) in [5, 5.41) is 13.1. The molecule has 0 saturated carbocycles. The molecule has 4 N–H and O–H groups in total. The van der Waals surface area contributed by atoms with Crippen molar-refractivity contribution in [1.29, 1.82) is 0 Å². The molecular formula is C20H19ClN10O2. The number of nitrogens with zero attached hydrogens (tertiary/aromatic N) is 6. The molecule has 0 aromatic carbocycles. The fourth-order valence-corrected chi connectivity index (χ4v) is 4.62. The first kappa shape index (κ1) is 19.7. The molecule has 33 heavy (non-hydrogen) atoms. The molecule has 8 aliphatic rings. The van der Waals surface area contributed by atoms with Crippen LogP contribution in [-0.4, -0.2) is 59.4 Å². The molecule has 0 saturated heterocycles. The molecular weight excluding hydrogens is 448 g/mol. The number of aliphatic imine (C=N–C) groups is 6. The number of rotatable bonds is 4. The van der Waals surface area contributed by atoms with Crippen LogP contribution in [0, 0.1) is 0 Å². The highest BCUT2D eigenvalue weighted by molar-refractivity contribution is 6.28. The third-order valence-electron chi connectivity index (χ3n) is 6.16. The summed E-state index contributed by atoms with van der Waals surface area (Å²) >= 11 is 0. The maximum Gasteiger partial charge on any atom is 0.218 e. The lowest BCUT2D eigenvalue weighted by atomic mass is 9.83. The molecule has 8 aliphatic heterocycles. The number of hydrogen-bond acceptors (Lipinski definition) is 12. The van der Waals surface area contributed by atoms with Crippen molar-refractivity contribution in [1.82, 2.24) is 21.3 Å². The Morgan fingerprint density at radius 1 is 0.758 bits per heavy atom. The molecule has 0 fully saturated rings. The van der Waals surface area contributed by atoms with Crippen molar-refractivity contribution in [2.45, 2.75) is 36.5 Å². The van der Waals surface area contributed by atoms with Crippen LogP contribution in [-0.2, 0) is 13.1 Å². The highest BCUT2D eigenvalue weighted by Gasteiger charge is 2.64. The van der Waals surface area contributed by atoms with Crippen LogP contribution in [0.25, 0.3) is 0 Å². The molecule has 4 bridgehead atoms. The van der Waals surface area contributed by atoms with E-state index in [4.69, 9.17) is 38.8 Å². The Hall–Kier alpha value is -3.93. The van der Waals surface area contributed by atoms with Crippen LogP contribution in [0.1, 0.15) is 11.5 Å². The van der Waals surface area contributed by atoms with Crippen LogP contribution in [0.2, 0.25) is 0 Å². The molecule has 2 spiro atoms. The monoisotopic (exact) mass is 466 g/mol. The van der Waals surface area contributed by atoms with Crippen LogP contribution in [0.3, 0.4) is 0 Å². The van der Waals surface area contributed by atoms with Gasteiger partial charge in [-0.25, -0.2) is 30.0 Å². The summed E-state index contributed by atoms with van der Waals surface area (Å²) in [6.45, 7) is 0.905. The van der Waals surface area contributed by atoms with Gasteiger partial charge in [0.15, 0.2) is 12.3 Å². The zero-order valence-electron chi connectivity index (χ0n) is 17.1. The van der Waals surface area contributed by atoms with Crippen molar-refractivity contribution in [3.63, 3.8) is 0 Å². The normalized spacial score (nSPS) is 31.6. The minimum Gasteiger partial charge on any atom is -0.467 e. The molecule has 168 valence electrons. The van der Waals surface area contributed by atoms with Crippen LogP contribution in [0.4, 0.5) is 0 Å². The van der Waals surface area contributed by atoms with Gasteiger partial charge in [0.05, 0.1) is 38.3 Å². The van der Waals surface area contributed by atoms with E-state index in [1.54, 1.807) is 25.2 Å². The molecule has 0 unspecified atom stereocenters. The summed E-state index contributed by atoms with van der Waals surface area (Å²) < 4.78 is 10.9. The first-order chi connectivity index (χ1) is 15.8. The maximum absolute atomic E-state index is 5.47. The molecule has 2 aromatic rings. The van der Waals surface area contributed by atoms with Crippen molar-refractivity contribution in [3.05, 3.63) is 48.3 Å². The molecule has 10 heterocycles. The Morgan fingerprint density at radius 2 is 1.24 bits per heavy atom. The Morgan fingerprint density at radius 3 is 1.67 bits per heavy atom. The van der Waals surface area contributed by atoms with Crippen molar-refractivity contribution < 1.29 is 8.83 Å². The molecule has 0 amide bonds. The Labute approximate surface area is 193 Å². The van der Waals surface area contributed by atoms with E-state index in [0.29, 0.717) is 36.4 Å². The highest BCUT2D eigenvalue weighted by atomic mass is 35.5. The average molecular weight is 467 g/mol. The third-order valence-corrected chi connectivity index (χ3v) is 6.16. The van der Waals surface area contributed by atoms with Crippen molar-refractivity contribution in [3.8, 4) is 0 Å². The topological polar surface area (TPSA) is 149 Å². The molecule has 0 aliphatic carbocycles. The quantitative estimate of drug-likeness (QED) is 0.506. The van der Waals surface area contributed by atoms with Crippen LogP contribution >= 0.6 is 12.4 Å². The minimum atomic E-state index is -1.01. The molecule has 10 rings (SSSR count). The summed E-state index contributed by atoms with van der Waals surface area (Å²) in [4.78, 5) is 29.3. The number of furan rings is 2. The summed E-state index contributed by atoms with van der Waals surface area (Å²) in [6, 6.07) is 7.50. The van der Waals surface area contributed by atoms with E-state index in [-0.39, 0.29) is 12.4 Å². The zero-order valence-corrected chi connectivity index (χ0v) is 17.9. The Bertz CT molecular complexity index is 1160. The van der Waals surface area contributed by atoms with Gasteiger partial charge in [0, 0.05) is 0 Å². The van der Waals surface area contributed by atoms with Gasteiger partial charge in [-0.05, 0) is 24.3 Å². The second kappa shape index (κ2) is 7.04. The highest BCUT2D eigenvalue weighted by Crippen LogP contribution is 2.41. The van der Waals surface area contributed by atoms with Crippen LogP contribution in [0.15, 0.2) is 75.6 Å².